The number of carbonyl (C=O) groups is 2. The van der Waals surface area contributed by atoms with E-state index in [2.05, 4.69) is 12.1 Å². The predicted octanol–water partition coefficient (Wildman–Crippen LogP) is 1.96. The van der Waals surface area contributed by atoms with Gasteiger partial charge in [-0.05, 0) is 24.8 Å². The number of aryl methyl sites for hydroxylation is 1. The van der Waals surface area contributed by atoms with Gasteiger partial charge in [0.15, 0.2) is 0 Å². The van der Waals surface area contributed by atoms with Crippen molar-refractivity contribution < 1.29 is 19.4 Å². The van der Waals surface area contributed by atoms with Crippen LogP contribution in [0.25, 0.3) is 0 Å². The van der Waals surface area contributed by atoms with Gasteiger partial charge in [-0.2, -0.15) is 0 Å². The number of benzene rings is 1. The molecule has 0 spiro atoms. The second-order valence-electron chi connectivity index (χ2n) is 5.64. The van der Waals surface area contributed by atoms with E-state index in [1.54, 1.807) is 4.90 Å². The molecule has 1 aliphatic heterocycles. The molecule has 1 unspecified atom stereocenters. The molecule has 22 heavy (non-hydrogen) atoms. The average Bonchev–Trinajstić information content (AvgIpc) is 2.78. The molecule has 5 nitrogen and oxygen atoms in total. The van der Waals surface area contributed by atoms with Crippen molar-refractivity contribution in [1.29, 1.82) is 0 Å². The molecule has 1 aliphatic rings. The summed E-state index contributed by atoms with van der Waals surface area (Å²) >= 11 is 0. The SMILES string of the molecule is O=C(O)C1COCCN(C(=O)CCCCc2ccccc2)C1. The Kier molecular flexibility index (Phi) is 6.40. The number of aliphatic carboxylic acids is 1. The molecule has 1 saturated heterocycles. The van der Waals surface area contributed by atoms with Crippen LogP contribution in [0, 0.1) is 5.92 Å². The number of carboxylic acid groups (broad SMARTS) is 1. The number of hydrogen-bond acceptors (Lipinski definition) is 3. The monoisotopic (exact) mass is 305 g/mol. The van der Waals surface area contributed by atoms with Gasteiger partial charge in [0.05, 0.1) is 19.1 Å². The van der Waals surface area contributed by atoms with Crippen LogP contribution in [0.4, 0.5) is 0 Å². The van der Waals surface area contributed by atoms with Crippen molar-refractivity contribution in [1.82, 2.24) is 4.90 Å². The quantitative estimate of drug-likeness (QED) is 0.816. The van der Waals surface area contributed by atoms with E-state index < -0.39 is 11.9 Å². The summed E-state index contributed by atoms with van der Waals surface area (Å²) in [6.45, 7) is 1.35. The number of carboxylic acids is 1. The molecule has 0 radical (unpaired) electrons. The molecule has 1 atom stereocenters. The summed E-state index contributed by atoms with van der Waals surface area (Å²) in [7, 11) is 0. The van der Waals surface area contributed by atoms with Gasteiger partial charge in [0, 0.05) is 19.5 Å². The van der Waals surface area contributed by atoms with Crippen LogP contribution in [-0.2, 0) is 20.7 Å². The van der Waals surface area contributed by atoms with Crippen LogP contribution in [0.5, 0.6) is 0 Å². The Hall–Kier alpha value is -1.88. The highest BCUT2D eigenvalue weighted by atomic mass is 16.5. The fourth-order valence-corrected chi connectivity index (χ4v) is 2.59. The van der Waals surface area contributed by atoms with E-state index in [0.29, 0.717) is 19.6 Å². The lowest BCUT2D eigenvalue weighted by Gasteiger charge is -2.21. The van der Waals surface area contributed by atoms with Gasteiger partial charge in [0.2, 0.25) is 5.91 Å². The van der Waals surface area contributed by atoms with Gasteiger partial charge in [0.25, 0.3) is 0 Å². The molecule has 1 N–H and O–H groups in total. The van der Waals surface area contributed by atoms with Crippen molar-refractivity contribution in [2.75, 3.05) is 26.3 Å². The van der Waals surface area contributed by atoms with Crippen LogP contribution in [0.2, 0.25) is 0 Å². The van der Waals surface area contributed by atoms with Crippen LogP contribution >= 0.6 is 0 Å². The Balaban J connectivity index is 1.72. The highest BCUT2D eigenvalue weighted by Gasteiger charge is 2.26. The van der Waals surface area contributed by atoms with E-state index in [1.165, 1.54) is 5.56 Å². The first-order valence-electron chi connectivity index (χ1n) is 7.79. The van der Waals surface area contributed by atoms with Crippen molar-refractivity contribution in [2.45, 2.75) is 25.7 Å². The lowest BCUT2D eigenvalue weighted by atomic mass is 10.1. The maximum atomic E-state index is 12.2. The molecular formula is C17H23NO4. The molecule has 0 aromatic heterocycles. The molecule has 0 aliphatic carbocycles. The number of carbonyl (C=O) groups excluding carboxylic acids is 1. The third-order valence-electron chi connectivity index (χ3n) is 3.92. The molecule has 1 fully saturated rings. The van der Waals surface area contributed by atoms with Crippen LogP contribution < -0.4 is 0 Å². The first-order chi connectivity index (χ1) is 10.7. The second kappa shape index (κ2) is 8.54. The smallest absolute Gasteiger partial charge is 0.310 e. The van der Waals surface area contributed by atoms with E-state index in [1.807, 2.05) is 18.2 Å². The Morgan fingerprint density at radius 3 is 2.73 bits per heavy atom. The van der Waals surface area contributed by atoms with Crippen molar-refractivity contribution >= 4 is 11.9 Å². The predicted molar refractivity (Wildman–Crippen MR) is 82.5 cm³/mol. The lowest BCUT2D eigenvalue weighted by Crippen LogP contribution is -2.37. The Morgan fingerprint density at radius 2 is 2.00 bits per heavy atom. The Bertz CT molecular complexity index is 489. The summed E-state index contributed by atoms with van der Waals surface area (Å²) in [6, 6.07) is 10.2. The third kappa shape index (κ3) is 5.15. The number of ether oxygens (including phenoxy) is 1. The number of amides is 1. The number of nitrogens with zero attached hydrogens (tertiary/aromatic N) is 1. The van der Waals surface area contributed by atoms with Crippen molar-refractivity contribution in [2.24, 2.45) is 5.92 Å². The minimum atomic E-state index is -0.899. The summed E-state index contributed by atoms with van der Waals surface area (Å²) < 4.78 is 5.26. The Labute approximate surface area is 130 Å². The second-order valence-corrected chi connectivity index (χ2v) is 5.64. The van der Waals surface area contributed by atoms with Gasteiger partial charge in [-0.3, -0.25) is 9.59 Å². The topological polar surface area (TPSA) is 66.8 Å². The zero-order valence-electron chi connectivity index (χ0n) is 12.7. The highest BCUT2D eigenvalue weighted by Crippen LogP contribution is 2.11. The molecule has 120 valence electrons. The van der Waals surface area contributed by atoms with Crippen LogP contribution in [0.1, 0.15) is 24.8 Å². The first-order valence-corrected chi connectivity index (χ1v) is 7.79. The summed E-state index contributed by atoms with van der Waals surface area (Å²) in [5, 5.41) is 9.09. The van der Waals surface area contributed by atoms with Gasteiger partial charge in [-0.1, -0.05) is 30.3 Å². The number of hydrogen-bond donors (Lipinski definition) is 1. The van der Waals surface area contributed by atoms with Crippen LogP contribution in [-0.4, -0.2) is 48.2 Å². The van der Waals surface area contributed by atoms with E-state index in [-0.39, 0.29) is 19.1 Å². The van der Waals surface area contributed by atoms with E-state index in [0.717, 1.165) is 19.3 Å². The van der Waals surface area contributed by atoms with E-state index >= 15 is 0 Å². The van der Waals surface area contributed by atoms with E-state index in [4.69, 9.17) is 9.84 Å². The molecule has 1 heterocycles. The van der Waals surface area contributed by atoms with Crippen molar-refractivity contribution in [3.05, 3.63) is 35.9 Å². The molecule has 1 aromatic rings. The fourth-order valence-electron chi connectivity index (χ4n) is 2.59. The summed E-state index contributed by atoms with van der Waals surface area (Å²) in [6.07, 6.45) is 3.22. The summed E-state index contributed by atoms with van der Waals surface area (Å²) in [4.78, 5) is 24.9. The third-order valence-corrected chi connectivity index (χ3v) is 3.92. The molecular weight excluding hydrogens is 282 g/mol. The van der Waals surface area contributed by atoms with Crippen molar-refractivity contribution in [3.63, 3.8) is 0 Å². The summed E-state index contributed by atoms with van der Waals surface area (Å²) in [5.41, 5.74) is 1.28. The number of rotatable bonds is 6. The molecule has 1 aromatic carbocycles. The van der Waals surface area contributed by atoms with Gasteiger partial charge < -0.3 is 14.7 Å². The maximum absolute atomic E-state index is 12.2. The van der Waals surface area contributed by atoms with E-state index in [9.17, 15) is 9.59 Å². The van der Waals surface area contributed by atoms with Gasteiger partial charge in [-0.25, -0.2) is 0 Å². The van der Waals surface area contributed by atoms with Gasteiger partial charge >= 0.3 is 5.97 Å². The zero-order valence-corrected chi connectivity index (χ0v) is 12.7. The molecule has 2 rings (SSSR count). The van der Waals surface area contributed by atoms with Gasteiger partial charge in [0.1, 0.15) is 0 Å². The average molecular weight is 305 g/mol. The van der Waals surface area contributed by atoms with Crippen LogP contribution in [0.15, 0.2) is 30.3 Å². The summed E-state index contributed by atoms with van der Waals surface area (Å²) in [5.74, 6) is -1.48. The lowest BCUT2D eigenvalue weighted by molar-refractivity contribution is -0.144. The first kappa shape index (κ1) is 16.5. The number of unbranched alkanes of at least 4 members (excludes halogenated alkanes) is 1. The molecule has 0 bridgehead atoms. The van der Waals surface area contributed by atoms with Gasteiger partial charge in [-0.15, -0.1) is 0 Å². The maximum Gasteiger partial charge on any atom is 0.310 e. The normalized spacial score (nSPS) is 18.7. The Morgan fingerprint density at radius 1 is 1.23 bits per heavy atom. The molecule has 1 amide bonds. The van der Waals surface area contributed by atoms with Crippen molar-refractivity contribution in [3.8, 4) is 0 Å². The zero-order chi connectivity index (χ0) is 15.8. The minimum absolute atomic E-state index is 0.0322. The van der Waals surface area contributed by atoms with Crippen LogP contribution in [0.3, 0.4) is 0 Å². The fraction of sp³-hybridized carbons (Fsp3) is 0.529. The largest absolute Gasteiger partial charge is 0.481 e. The minimum Gasteiger partial charge on any atom is -0.481 e. The highest BCUT2D eigenvalue weighted by molar-refractivity contribution is 5.77. The molecule has 5 heteroatoms. The standard InChI is InChI=1S/C17H23NO4/c19-16(9-5-4-8-14-6-2-1-3-7-14)18-10-11-22-13-15(12-18)17(20)21/h1-3,6-7,15H,4-5,8-13H2,(H,20,21). The molecule has 0 saturated carbocycles.